The van der Waals surface area contributed by atoms with Crippen molar-refractivity contribution < 1.29 is 13.2 Å². The second kappa shape index (κ2) is 8.14. The monoisotopic (exact) mass is 438 g/mol. The molecule has 0 aliphatic carbocycles. The van der Waals surface area contributed by atoms with Gasteiger partial charge in [-0.05, 0) is 25.1 Å². The van der Waals surface area contributed by atoms with Gasteiger partial charge in [0.2, 0.25) is 0 Å². The van der Waals surface area contributed by atoms with Gasteiger partial charge < -0.3 is 10.2 Å². The molecular formula is C23H21F3N6. The molecule has 6 nitrogen and oxygen atoms in total. The Morgan fingerprint density at radius 1 is 1.03 bits per heavy atom. The second-order valence-electron chi connectivity index (χ2n) is 7.80. The summed E-state index contributed by atoms with van der Waals surface area (Å²) in [5, 5.41) is 8.40. The van der Waals surface area contributed by atoms with Crippen LogP contribution in [0, 0.1) is 5.82 Å². The number of fused-ring (bicyclic) bond motifs is 2. The first-order chi connectivity index (χ1) is 15.5. The van der Waals surface area contributed by atoms with E-state index in [0.29, 0.717) is 12.1 Å². The zero-order valence-electron chi connectivity index (χ0n) is 17.3. The van der Waals surface area contributed by atoms with Crippen LogP contribution < -0.4 is 10.2 Å². The summed E-state index contributed by atoms with van der Waals surface area (Å²) in [6.45, 7) is 3.99. The van der Waals surface area contributed by atoms with Crippen molar-refractivity contribution in [1.29, 1.82) is 0 Å². The Labute approximate surface area is 182 Å². The van der Waals surface area contributed by atoms with E-state index in [1.807, 2.05) is 16.8 Å². The predicted octanol–water partition coefficient (Wildman–Crippen LogP) is 5.10. The summed E-state index contributed by atoms with van der Waals surface area (Å²) in [6.07, 6.45) is 2.29. The number of anilines is 2. The number of halogens is 3. The van der Waals surface area contributed by atoms with Crippen molar-refractivity contribution in [2.24, 2.45) is 0 Å². The van der Waals surface area contributed by atoms with E-state index in [-0.39, 0.29) is 5.56 Å². The number of alkyl halides is 2. The number of nitrogens with zero attached hydrogens (tertiary/aromatic N) is 5. The molecule has 0 saturated carbocycles. The van der Waals surface area contributed by atoms with Crippen LogP contribution in [-0.2, 0) is 13.1 Å². The Balaban J connectivity index is 1.46. The van der Waals surface area contributed by atoms with Crippen LogP contribution in [0.5, 0.6) is 0 Å². The average molecular weight is 438 g/mol. The standard InChI is InChI=1S/C23H21F3N6/c1-14(16-3-2-4-17(22(16)24)23(25)26)30-19-6-7-27-20-12-28-21(11-18(19)20)31-9-10-32-15(13-31)5-8-29-32/h2-8,11-12,14,23H,9-10,13H2,1H3,(H,27,30)/t14-/m1/s1. The molecule has 1 aliphatic rings. The van der Waals surface area contributed by atoms with E-state index < -0.39 is 23.8 Å². The van der Waals surface area contributed by atoms with Gasteiger partial charge in [0.05, 0.1) is 42.1 Å². The lowest BCUT2D eigenvalue weighted by Gasteiger charge is -2.29. The third kappa shape index (κ3) is 3.63. The molecule has 1 aromatic carbocycles. The summed E-state index contributed by atoms with van der Waals surface area (Å²) in [7, 11) is 0. The normalized spacial score (nSPS) is 14.6. The number of hydrogen-bond donors (Lipinski definition) is 1. The van der Waals surface area contributed by atoms with E-state index in [2.05, 4.69) is 25.3 Å². The smallest absolute Gasteiger partial charge is 0.266 e. The zero-order chi connectivity index (χ0) is 22.2. The minimum absolute atomic E-state index is 0.186. The predicted molar refractivity (Wildman–Crippen MR) is 116 cm³/mol. The van der Waals surface area contributed by atoms with Crippen LogP contribution in [0.3, 0.4) is 0 Å². The number of pyridine rings is 2. The van der Waals surface area contributed by atoms with Crippen molar-refractivity contribution in [3.05, 3.63) is 77.6 Å². The van der Waals surface area contributed by atoms with Gasteiger partial charge in [-0.3, -0.25) is 9.67 Å². The van der Waals surface area contributed by atoms with Gasteiger partial charge in [-0.25, -0.2) is 18.2 Å². The number of nitrogens with one attached hydrogen (secondary N) is 1. The van der Waals surface area contributed by atoms with Crippen molar-refractivity contribution in [1.82, 2.24) is 19.7 Å². The van der Waals surface area contributed by atoms with Gasteiger partial charge in [0.15, 0.2) is 0 Å². The van der Waals surface area contributed by atoms with Gasteiger partial charge in [-0.15, -0.1) is 0 Å². The molecule has 164 valence electrons. The van der Waals surface area contributed by atoms with E-state index in [0.717, 1.165) is 41.7 Å². The van der Waals surface area contributed by atoms with E-state index in [1.165, 1.54) is 12.1 Å². The van der Waals surface area contributed by atoms with E-state index in [4.69, 9.17) is 0 Å². The SMILES string of the molecule is C[C@@H](Nc1ccnc2cnc(N3CCn4nccc4C3)cc12)c1cccc(C(F)F)c1F. The second-order valence-corrected chi connectivity index (χ2v) is 7.80. The molecule has 0 bridgehead atoms. The first-order valence-corrected chi connectivity index (χ1v) is 10.3. The lowest BCUT2D eigenvalue weighted by Crippen LogP contribution is -2.34. The van der Waals surface area contributed by atoms with Gasteiger partial charge in [-0.2, -0.15) is 5.10 Å². The van der Waals surface area contributed by atoms with Crippen molar-refractivity contribution in [2.45, 2.75) is 32.5 Å². The topological polar surface area (TPSA) is 58.9 Å². The Bertz CT molecular complexity index is 1270. The maximum absolute atomic E-state index is 14.6. The van der Waals surface area contributed by atoms with Crippen LogP contribution in [-0.4, -0.2) is 26.3 Å². The molecule has 0 unspecified atom stereocenters. The fourth-order valence-corrected chi connectivity index (χ4v) is 4.10. The molecular weight excluding hydrogens is 417 g/mol. The first-order valence-electron chi connectivity index (χ1n) is 10.3. The third-order valence-electron chi connectivity index (χ3n) is 5.81. The number of aromatic nitrogens is 4. The third-order valence-corrected chi connectivity index (χ3v) is 5.81. The minimum atomic E-state index is -2.86. The molecule has 9 heteroatoms. The van der Waals surface area contributed by atoms with Crippen LogP contribution in [0.1, 0.15) is 36.2 Å². The number of rotatable bonds is 5. The molecule has 0 radical (unpaired) electrons. The summed E-state index contributed by atoms with van der Waals surface area (Å²) in [5.74, 6) is -0.0762. The molecule has 0 saturated heterocycles. The van der Waals surface area contributed by atoms with Crippen molar-refractivity contribution in [3.63, 3.8) is 0 Å². The average Bonchev–Trinajstić information content (AvgIpc) is 3.27. The maximum Gasteiger partial charge on any atom is 0.266 e. The van der Waals surface area contributed by atoms with Crippen molar-refractivity contribution in [2.75, 3.05) is 16.8 Å². The Morgan fingerprint density at radius 2 is 1.88 bits per heavy atom. The number of hydrogen-bond acceptors (Lipinski definition) is 5. The molecule has 32 heavy (non-hydrogen) atoms. The molecule has 4 aromatic rings. The van der Waals surface area contributed by atoms with Crippen LogP contribution in [0.4, 0.5) is 24.7 Å². The molecule has 3 aromatic heterocycles. The van der Waals surface area contributed by atoms with Gasteiger partial charge in [0.25, 0.3) is 6.43 Å². The fourth-order valence-electron chi connectivity index (χ4n) is 4.10. The fraction of sp³-hybridized carbons (Fsp3) is 0.261. The molecule has 1 aliphatic heterocycles. The van der Waals surface area contributed by atoms with Crippen LogP contribution in [0.2, 0.25) is 0 Å². The van der Waals surface area contributed by atoms with Gasteiger partial charge >= 0.3 is 0 Å². The molecule has 0 spiro atoms. The highest BCUT2D eigenvalue weighted by Crippen LogP contribution is 2.32. The van der Waals surface area contributed by atoms with Crippen LogP contribution in [0.25, 0.3) is 10.9 Å². The van der Waals surface area contributed by atoms with Crippen molar-refractivity contribution in [3.8, 4) is 0 Å². The van der Waals surface area contributed by atoms with Gasteiger partial charge in [0.1, 0.15) is 11.6 Å². The molecule has 5 rings (SSSR count). The van der Waals surface area contributed by atoms with Gasteiger partial charge in [0, 0.05) is 35.6 Å². The van der Waals surface area contributed by atoms with Crippen LogP contribution >= 0.6 is 0 Å². The lowest BCUT2D eigenvalue weighted by atomic mass is 10.0. The summed E-state index contributed by atoms with van der Waals surface area (Å²) < 4.78 is 42.8. The highest BCUT2D eigenvalue weighted by atomic mass is 19.3. The van der Waals surface area contributed by atoms with Gasteiger partial charge in [-0.1, -0.05) is 18.2 Å². The molecule has 1 atom stereocenters. The quantitative estimate of drug-likeness (QED) is 0.470. The summed E-state index contributed by atoms with van der Waals surface area (Å²) in [4.78, 5) is 11.1. The minimum Gasteiger partial charge on any atom is -0.378 e. The Morgan fingerprint density at radius 3 is 2.72 bits per heavy atom. The van der Waals surface area contributed by atoms with E-state index in [9.17, 15) is 13.2 Å². The largest absolute Gasteiger partial charge is 0.378 e. The molecule has 4 heterocycles. The first kappa shape index (κ1) is 20.3. The van der Waals surface area contributed by atoms with Crippen LogP contribution in [0.15, 0.2) is 55.0 Å². The zero-order valence-corrected chi connectivity index (χ0v) is 17.3. The molecule has 1 N–H and O–H groups in total. The highest BCUT2D eigenvalue weighted by molar-refractivity contribution is 5.92. The van der Waals surface area contributed by atoms with E-state index >= 15 is 0 Å². The Hall–Kier alpha value is -3.62. The summed E-state index contributed by atoms with van der Waals surface area (Å²) in [5.41, 5.74) is 2.13. The van der Waals surface area contributed by atoms with E-state index in [1.54, 1.807) is 31.6 Å². The summed E-state index contributed by atoms with van der Waals surface area (Å²) >= 11 is 0. The Kier molecular flexibility index (Phi) is 5.16. The molecule has 0 amide bonds. The maximum atomic E-state index is 14.6. The van der Waals surface area contributed by atoms with Crippen molar-refractivity contribution >= 4 is 22.4 Å². The lowest BCUT2D eigenvalue weighted by molar-refractivity contribution is 0.146. The summed E-state index contributed by atoms with van der Waals surface area (Å²) in [6, 6.07) is 9.29. The molecule has 0 fully saturated rings. The number of benzene rings is 1. The highest BCUT2D eigenvalue weighted by Gasteiger charge is 2.21.